The van der Waals surface area contributed by atoms with Crippen molar-refractivity contribution in [3.8, 4) is 0 Å². The Balaban J connectivity index is 1.57. The number of rotatable bonds is 4. The summed E-state index contributed by atoms with van der Waals surface area (Å²) >= 11 is 0. The maximum Gasteiger partial charge on any atom is 0.225 e. The van der Waals surface area contributed by atoms with Gasteiger partial charge in [-0.15, -0.1) is 0 Å². The van der Waals surface area contributed by atoms with Crippen LogP contribution < -0.4 is 5.32 Å². The SMILES string of the molecule is CC(C)C(=O)N1CCn2nc(CNC(=O)[C@@H]3CCOC3)cc2C1. The van der Waals surface area contributed by atoms with E-state index in [9.17, 15) is 9.59 Å². The van der Waals surface area contributed by atoms with Crippen LogP contribution >= 0.6 is 0 Å². The summed E-state index contributed by atoms with van der Waals surface area (Å²) < 4.78 is 7.17. The average molecular weight is 320 g/mol. The van der Waals surface area contributed by atoms with E-state index >= 15 is 0 Å². The van der Waals surface area contributed by atoms with Gasteiger partial charge in [0, 0.05) is 19.1 Å². The molecule has 1 atom stereocenters. The number of fused-ring (bicyclic) bond motifs is 1. The third-order valence-electron chi connectivity index (χ3n) is 4.40. The number of hydrogen-bond acceptors (Lipinski definition) is 4. The molecule has 0 unspecified atom stereocenters. The molecule has 0 radical (unpaired) electrons. The first kappa shape index (κ1) is 16.0. The van der Waals surface area contributed by atoms with E-state index in [-0.39, 0.29) is 23.7 Å². The summed E-state index contributed by atoms with van der Waals surface area (Å²) in [5.74, 6) is 0.182. The Morgan fingerprint density at radius 1 is 1.43 bits per heavy atom. The van der Waals surface area contributed by atoms with Crippen LogP contribution in [0.3, 0.4) is 0 Å². The fourth-order valence-electron chi connectivity index (χ4n) is 3.03. The molecule has 1 fully saturated rings. The average Bonchev–Trinajstić information content (AvgIpc) is 3.19. The molecule has 2 amide bonds. The quantitative estimate of drug-likeness (QED) is 0.878. The first-order chi connectivity index (χ1) is 11.0. The van der Waals surface area contributed by atoms with Crippen LogP contribution in [0.5, 0.6) is 0 Å². The lowest BCUT2D eigenvalue weighted by atomic mass is 10.1. The van der Waals surface area contributed by atoms with E-state index in [0.29, 0.717) is 39.4 Å². The molecular weight excluding hydrogens is 296 g/mol. The molecular formula is C16H24N4O3. The van der Waals surface area contributed by atoms with E-state index in [2.05, 4.69) is 10.4 Å². The van der Waals surface area contributed by atoms with Crippen molar-refractivity contribution in [2.45, 2.75) is 39.9 Å². The number of nitrogens with one attached hydrogen (secondary N) is 1. The van der Waals surface area contributed by atoms with Crippen LogP contribution in [0.25, 0.3) is 0 Å². The van der Waals surface area contributed by atoms with Crippen LogP contribution in [-0.4, -0.2) is 46.3 Å². The Labute approximate surface area is 136 Å². The monoisotopic (exact) mass is 320 g/mol. The number of aromatic nitrogens is 2. The van der Waals surface area contributed by atoms with Gasteiger partial charge >= 0.3 is 0 Å². The summed E-state index contributed by atoms with van der Waals surface area (Å²) in [6.07, 6.45) is 0.789. The van der Waals surface area contributed by atoms with Crippen LogP contribution in [-0.2, 0) is 34.0 Å². The van der Waals surface area contributed by atoms with Gasteiger partial charge in [-0.1, -0.05) is 13.8 Å². The van der Waals surface area contributed by atoms with Crippen LogP contribution in [0.2, 0.25) is 0 Å². The largest absolute Gasteiger partial charge is 0.381 e. The molecule has 7 nitrogen and oxygen atoms in total. The van der Waals surface area contributed by atoms with Gasteiger partial charge in [0.25, 0.3) is 0 Å². The minimum absolute atomic E-state index is 0.0110. The Kier molecular flexibility index (Phi) is 4.66. The second-order valence-corrected chi connectivity index (χ2v) is 6.54. The molecule has 1 aromatic heterocycles. The predicted octanol–water partition coefficient (Wildman–Crippen LogP) is 0.534. The van der Waals surface area contributed by atoms with Crippen LogP contribution in [0.4, 0.5) is 0 Å². The smallest absolute Gasteiger partial charge is 0.225 e. The molecule has 2 aliphatic heterocycles. The van der Waals surface area contributed by atoms with Gasteiger partial charge < -0.3 is 15.0 Å². The minimum atomic E-state index is -0.0357. The van der Waals surface area contributed by atoms with Gasteiger partial charge in [0.1, 0.15) is 0 Å². The molecule has 0 spiro atoms. The highest BCUT2D eigenvalue weighted by Crippen LogP contribution is 2.16. The van der Waals surface area contributed by atoms with Gasteiger partial charge in [0.05, 0.1) is 43.5 Å². The molecule has 0 saturated carbocycles. The molecule has 2 aliphatic rings. The third kappa shape index (κ3) is 3.55. The fraction of sp³-hybridized carbons (Fsp3) is 0.688. The van der Waals surface area contributed by atoms with Crippen molar-refractivity contribution in [2.75, 3.05) is 19.8 Å². The van der Waals surface area contributed by atoms with Crippen molar-refractivity contribution in [1.82, 2.24) is 20.0 Å². The van der Waals surface area contributed by atoms with Crippen molar-refractivity contribution in [3.05, 3.63) is 17.5 Å². The van der Waals surface area contributed by atoms with Crippen molar-refractivity contribution < 1.29 is 14.3 Å². The highest BCUT2D eigenvalue weighted by atomic mass is 16.5. The highest BCUT2D eigenvalue weighted by molar-refractivity contribution is 5.79. The summed E-state index contributed by atoms with van der Waals surface area (Å²) in [5, 5.41) is 7.45. The van der Waals surface area contributed by atoms with E-state index in [1.165, 1.54) is 0 Å². The zero-order valence-electron chi connectivity index (χ0n) is 13.7. The third-order valence-corrected chi connectivity index (χ3v) is 4.40. The van der Waals surface area contributed by atoms with Crippen LogP contribution in [0.1, 0.15) is 31.7 Å². The number of amides is 2. The van der Waals surface area contributed by atoms with Crippen molar-refractivity contribution >= 4 is 11.8 Å². The maximum atomic E-state index is 12.1. The highest BCUT2D eigenvalue weighted by Gasteiger charge is 2.25. The summed E-state index contributed by atoms with van der Waals surface area (Å²) in [4.78, 5) is 26.0. The van der Waals surface area contributed by atoms with E-state index in [0.717, 1.165) is 17.8 Å². The van der Waals surface area contributed by atoms with E-state index < -0.39 is 0 Å². The summed E-state index contributed by atoms with van der Waals surface area (Å²) in [7, 11) is 0. The summed E-state index contributed by atoms with van der Waals surface area (Å²) in [6.45, 7) is 7.43. The second-order valence-electron chi connectivity index (χ2n) is 6.54. The van der Waals surface area contributed by atoms with Gasteiger partial charge in [-0.2, -0.15) is 5.10 Å². The Bertz CT molecular complexity index is 590. The Morgan fingerprint density at radius 3 is 2.96 bits per heavy atom. The van der Waals surface area contributed by atoms with Crippen molar-refractivity contribution in [2.24, 2.45) is 11.8 Å². The lowest BCUT2D eigenvalue weighted by Gasteiger charge is -2.29. The molecule has 126 valence electrons. The predicted molar refractivity (Wildman–Crippen MR) is 83.3 cm³/mol. The molecule has 0 aliphatic carbocycles. The van der Waals surface area contributed by atoms with E-state index in [1.807, 2.05) is 29.5 Å². The van der Waals surface area contributed by atoms with Crippen molar-refractivity contribution in [3.63, 3.8) is 0 Å². The molecule has 1 aromatic rings. The minimum Gasteiger partial charge on any atom is -0.381 e. The van der Waals surface area contributed by atoms with E-state index in [4.69, 9.17) is 4.74 Å². The molecule has 0 aromatic carbocycles. The molecule has 23 heavy (non-hydrogen) atoms. The summed E-state index contributed by atoms with van der Waals surface area (Å²) in [5.41, 5.74) is 1.87. The van der Waals surface area contributed by atoms with E-state index in [1.54, 1.807) is 0 Å². The number of ether oxygens (including phenoxy) is 1. The van der Waals surface area contributed by atoms with Crippen LogP contribution in [0.15, 0.2) is 6.07 Å². The normalized spacial score (nSPS) is 20.7. The van der Waals surface area contributed by atoms with Gasteiger partial charge in [-0.3, -0.25) is 14.3 Å². The molecule has 0 bridgehead atoms. The first-order valence-corrected chi connectivity index (χ1v) is 8.24. The summed E-state index contributed by atoms with van der Waals surface area (Å²) in [6, 6.07) is 1.98. The van der Waals surface area contributed by atoms with Gasteiger partial charge in [0.2, 0.25) is 11.8 Å². The standard InChI is InChI=1S/C16H24N4O3/c1-11(2)16(22)19-4-5-20-14(9-19)7-13(18-20)8-17-15(21)12-3-6-23-10-12/h7,11-12H,3-6,8-10H2,1-2H3,(H,17,21)/t12-/m1/s1. The first-order valence-electron chi connectivity index (χ1n) is 8.24. The molecule has 3 heterocycles. The number of carbonyl (C=O) groups excluding carboxylic acids is 2. The van der Waals surface area contributed by atoms with Gasteiger partial charge in [-0.05, 0) is 12.5 Å². The number of hydrogen-bond donors (Lipinski definition) is 1. The molecule has 1 N–H and O–H groups in total. The van der Waals surface area contributed by atoms with Gasteiger partial charge in [-0.25, -0.2) is 0 Å². The topological polar surface area (TPSA) is 76.5 Å². The Hall–Kier alpha value is -1.89. The van der Waals surface area contributed by atoms with Crippen molar-refractivity contribution in [1.29, 1.82) is 0 Å². The molecule has 1 saturated heterocycles. The zero-order valence-corrected chi connectivity index (χ0v) is 13.7. The maximum absolute atomic E-state index is 12.1. The van der Waals surface area contributed by atoms with Crippen LogP contribution in [0, 0.1) is 11.8 Å². The number of carbonyl (C=O) groups is 2. The second kappa shape index (κ2) is 6.70. The zero-order chi connectivity index (χ0) is 16.4. The molecule has 7 heteroatoms. The number of nitrogens with zero attached hydrogens (tertiary/aromatic N) is 3. The molecule has 3 rings (SSSR count). The Morgan fingerprint density at radius 2 is 2.26 bits per heavy atom. The fourth-order valence-corrected chi connectivity index (χ4v) is 3.03. The van der Waals surface area contributed by atoms with Gasteiger partial charge in [0.15, 0.2) is 0 Å². The lowest BCUT2D eigenvalue weighted by molar-refractivity contribution is -0.136. The lowest BCUT2D eigenvalue weighted by Crippen LogP contribution is -2.40.